The van der Waals surface area contributed by atoms with Crippen molar-refractivity contribution in [3.05, 3.63) is 58.7 Å². The molecule has 0 aromatic heterocycles. The number of fused-ring (bicyclic) bond motifs is 1. The van der Waals surface area contributed by atoms with E-state index in [0.29, 0.717) is 0 Å². The van der Waals surface area contributed by atoms with Crippen molar-refractivity contribution in [1.82, 2.24) is 0 Å². The molecule has 0 radical (unpaired) electrons. The van der Waals surface area contributed by atoms with Crippen LogP contribution in [0.25, 0.3) is 11.1 Å². The van der Waals surface area contributed by atoms with Gasteiger partial charge >= 0.3 is 0 Å². The van der Waals surface area contributed by atoms with Gasteiger partial charge in [-0.25, -0.2) is 0 Å². The molecule has 0 N–H and O–H groups in total. The zero-order valence-electron chi connectivity index (χ0n) is 14.5. The first-order valence-corrected chi connectivity index (χ1v) is 9.14. The van der Waals surface area contributed by atoms with Gasteiger partial charge in [0.25, 0.3) is 0 Å². The molecule has 0 bridgehead atoms. The summed E-state index contributed by atoms with van der Waals surface area (Å²) in [6, 6.07) is 13.4. The van der Waals surface area contributed by atoms with E-state index in [2.05, 4.69) is 50.2 Å². The van der Waals surface area contributed by atoms with E-state index in [1.165, 1.54) is 71.9 Å². The van der Waals surface area contributed by atoms with Crippen molar-refractivity contribution in [2.75, 3.05) is 0 Å². The summed E-state index contributed by atoms with van der Waals surface area (Å²) in [4.78, 5) is 0. The van der Waals surface area contributed by atoms with Crippen molar-refractivity contribution < 1.29 is 4.74 Å². The van der Waals surface area contributed by atoms with Crippen molar-refractivity contribution in [2.24, 2.45) is 0 Å². The lowest BCUT2D eigenvalue weighted by Gasteiger charge is -2.18. The lowest BCUT2D eigenvalue weighted by molar-refractivity contribution is 0.134. The first-order chi connectivity index (χ1) is 11.3. The van der Waals surface area contributed by atoms with Gasteiger partial charge in [-0.05, 0) is 59.1 Å². The highest BCUT2D eigenvalue weighted by Gasteiger charge is 2.22. The van der Waals surface area contributed by atoms with Crippen LogP contribution in [-0.2, 0) is 30.8 Å². The maximum atomic E-state index is 5.85. The van der Waals surface area contributed by atoms with E-state index in [-0.39, 0.29) is 0 Å². The van der Waals surface area contributed by atoms with E-state index in [1.54, 1.807) is 0 Å². The smallest absolute Gasteiger partial charge is 0.0727 e. The Morgan fingerprint density at radius 1 is 0.870 bits per heavy atom. The Morgan fingerprint density at radius 3 is 2.30 bits per heavy atom. The molecule has 0 atom stereocenters. The second kappa shape index (κ2) is 7.79. The summed E-state index contributed by atoms with van der Waals surface area (Å²) in [5.74, 6) is 0. The Morgan fingerprint density at radius 2 is 1.57 bits per heavy atom. The Labute approximate surface area is 140 Å². The molecule has 0 saturated heterocycles. The van der Waals surface area contributed by atoms with Crippen molar-refractivity contribution in [3.8, 4) is 11.1 Å². The molecule has 1 heterocycles. The molecular weight excluding hydrogens is 280 g/mol. The van der Waals surface area contributed by atoms with E-state index in [4.69, 9.17) is 4.74 Å². The molecule has 0 aliphatic carbocycles. The molecule has 0 spiro atoms. The monoisotopic (exact) mass is 308 g/mol. The minimum Gasteiger partial charge on any atom is -0.372 e. The van der Waals surface area contributed by atoms with Crippen LogP contribution in [0.5, 0.6) is 0 Å². The number of unbranched alkanes of at least 4 members (excludes halogenated alkanes) is 2. The predicted molar refractivity (Wildman–Crippen MR) is 97.6 cm³/mol. The summed E-state index contributed by atoms with van der Waals surface area (Å²) in [7, 11) is 0. The first-order valence-electron chi connectivity index (χ1n) is 9.14. The van der Waals surface area contributed by atoms with E-state index < -0.39 is 0 Å². The van der Waals surface area contributed by atoms with Crippen LogP contribution < -0.4 is 0 Å². The zero-order chi connectivity index (χ0) is 16.1. The molecule has 0 unspecified atom stereocenters. The average Bonchev–Trinajstić information content (AvgIpc) is 3.08. The second-order valence-electron chi connectivity index (χ2n) is 6.58. The maximum Gasteiger partial charge on any atom is 0.0727 e. The van der Waals surface area contributed by atoms with E-state index >= 15 is 0 Å². The van der Waals surface area contributed by atoms with Gasteiger partial charge in [-0.1, -0.05) is 63.1 Å². The quantitative estimate of drug-likeness (QED) is 0.603. The molecule has 3 rings (SSSR count). The number of hydrogen-bond acceptors (Lipinski definition) is 1. The summed E-state index contributed by atoms with van der Waals surface area (Å²) < 4.78 is 5.85. The molecule has 0 saturated carbocycles. The molecule has 1 heteroatoms. The highest BCUT2D eigenvalue weighted by molar-refractivity contribution is 5.71. The number of hydrogen-bond donors (Lipinski definition) is 0. The summed E-state index contributed by atoms with van der Waals surface area (Å²) in [6.45, 7) is 6.15. The Kier molecular flexibility index (Phi) is 5.51. The number of aryl methyl sites for hydroxylation is 1. The van der Waals surface area contributed by atoms with Gasteiger partial charge in [0, 0.05) is 0 Å². The standard InChI is InChI=1S/C22H28O/c1-3-5-10-18-14-20(17-11-8-7-9-12-17)19(13-6-4-2)22-16-23-15-21(18)22/h7-9,11-12,14H,3-6,10,13,15-16H2,1-2H3. The number of ether oxygens (including phenoxy) is 1. The van der Waals surface area contributed by atoms with Crippen LogP contribution in [0, 0.1) is 0 Å². The Bertz CT molecular complexity index is 643. The first kappa shape index (κ1) is 16.3. The largest absolute Gasteiger partial charge is 0.372 e. The molecule has 122 valence electrons. The summed E-state index contributed by atoms with van der Waals surface area (Å²) in [6.07, 6.45) is 7.33. The molecule has 2 aromatic carbocycles. The molecular formula is C22H28O. The molecule has 1 nitrogen and oxygen atoms in total. The van der Waals surface area contributed by atoms with Crippen LogP contribution in [0.1, 0.15) is 61.8 Å². The maximum absolute atomic E-state index is 5.85. The Hall–Kier alpha value is -1.60. The van der Waals surface area contributed by atoms with Crippen LogP contribution >= 0.6 is 0 Å². The van der Waals surface area contributed by atoms with Crippen LogP contribution in [-0.4, -0.2) is 0 Å². The lowest BCUT2D eigenvalue weighted by Crippen LogP contribution is -2.03. The van der Waals surface area contributed by atoms with E-state index in [0.717, 1.165) is 13.2 Å². The molecule has 0 fully saturated rings. The zero-order valence-corrected chi connectivity index (χ0v) is 14.5. The lowest BCUT2D eigenvalue weighted by atomic mass is 9.86. The van der Waals surface area contributed by atoms with Crippen LogP contribution in [0.15, 0.2) is 36.4 Å². The highest BCUT2D eigenvalue weighted by Crippen LogP contribution is 2.36. The van der Waals surface area contributed by atoms with Gasteiger partial charge in [-0.3, -0.25) is 0 Å². The molecule has 1 aliphatic heterocycles. The van der Waals surface area contributed by atoms with Crippen LogP contribution in [0.3, 0.4) is 0 Å². The van der Waals surface area contributed by atoms with E-state index in [1.807, 2.05) is 0 Å². The van der Waals surface area contributed by atoms with Crippen molar-refractivity contribution in [3.63, 3.8) is 0 Å². The van der Waals surface area contributed by atoms with Gasteiger partial charge < -0.3 is 4.74 Å². The van der Waals surface area contributed by atoms with Gasteiger partial charge in [-0.2, -0.15) is 0 Å². The summed E-state index contributed by atoms with van der Waals surface area (Å²) in [5, 5.41) is 0. The minimum absolute atomic E-state index is 0.800. The number of rotatable bonds is 7. The normalized spacial score (nSPS) is 13.3. The third-order valence-corrected chi connectivity index (χ3v) is 4.92. The molecule has 23 heavy (non-hydrogen) atoms. The predicted octanol–water partition coefficient (Wildman–Crippen LogP) is 6.07. The van der Waals surface area contributed by atoms with Gasteiger partial charge in [0.1, 0.15) is 0 Å². The fraction of sp³-hybridized carbons (Fsp3) is 0.455. The fourth-order valence-corrected chi connectivity index (χ4v) is 3.60. The average molecular weight is 308 g/mol. The van der Waals surface area contributed by atoms with E-state index in [9.17, 15) is 0 Å². The topological polar surface area (TPSA) is 9.23 Å². The fourth-order valence-electron chi connectivity index (χ4n) is 3.60. The van der Waals surface area contributed by atoms with Crippen LogP contribution in [0.2, 0.25) is 0 Å². The summed E-state index contributed by atoms with van der Waals surface area (Å²) >= 11 is 0. The third kappa shape index (κ3) is 3.50. The summed E-state index contributed by atoms with van der Waals surface area (Å²) in [5.41, 5.74) is 8.82. The molecule has 0 amide bonds. The van der Waals surface area contributed by atoms with Crippen molar-refractivity contribution >= 4 is 0 Å². The minimum atomic E-state index is 0.800. The second-order valence-corrected chi connectivity index (χ2v) is 6.58. The van der Waals surface area contributed by atoms with Gasteiger partial charge in [0.2, 0.25) is 0 Å². The van der Waals surface area contributed by atoms with Crippen LogP contribution in [0.4, 0.5) is 0 Å². The third-order valence-electron chi connectivity index (χ3n) is 4.92. The number of benzene rings is 2. The van der Waals surface area contributed by atoms with Gasteiger partial charge in [-0.15, -0.1) is 0 Å². The van der Waals surface area contributed by atoms with Gasteiger partial charge in [0.05, 0.1) is 13.2 Å². The van der Waals surface area contributed by atoms with Crippen molar-refractivity contribution in [2.45, 2.75) is 65.6 Å². The van der Waals surface area contributed by atoms with Crippen molar-refractivity contribution in [1.29, 1.82) is 0 Å². The Balaban J connectivity index is 2.11. The van der Waals surface area contributed by atoms with Gasteiger partial charge in [0.15, 0.2) is 0 Å². The highest BCUT2D eigenvalue weighted by atomic mass is 16.5. The molecule has 1 aliphatic rings. The SMILES string of the molecule is CCCCc1cc(-c2ccccc2)c(CCCC)c2c1COC2. The molecule has 2 aromatic rings.